The van der Waals surface area contributed by atoms with Crippen LogP contribution in [0.1, 0.15) is 11.1 Å². The van der Waals surface area contributed by atoms with Gasteiger partial charge in [0.25, 0.3) is 0 Å². The van der Waals surface area contributed by atoms with Crippen molar-refractivity contribution in [3.63, 3.8) is 0 Å². The van der Waals surface area contributed by atoms with Gasteiger partial charge in [-0.3, -0.25) is 0 Å². The molecule has 0 fully saturated rings. The molecule has 0 saturated heterocycles. The maximum Gasteiger partial charge on any atom is 0.347 e. The van der Waals surface area contributed by atoms with E-state index in [-0.39, 0.29) is 5.82 Å². The van der Waals surface area contributed by atoms with E-state index in [0.717, 1.165) is 32.4 Å². The van der Waals surface area contributed by atoms with E-state index >= 15 is 0 Å². The highest BCUT2D eigenvalue weighted by Crippen LogP contribution is 2.29. The molecule has 1 nitrogen and oxygen atoms in total. The Bertz CT molecular complexity index is 1130. The zero-order chi connectivity index (χ0) is 19.7. The minimum Gasteiger partial charge on any atom is -0.530 e. The smallest absolute Gasteiger partial charge is 0.347 e. The van der Waals surface area contributed by atoms with Gasteiger partial charge in [0.2, 0.25) is 0 Å². The van der Waals surface area contributed by atoms with Crippen LogP contribution in [0.15, 0.2) is 109 Å². The normalized spacial score (nSPS) is 14.4. The first-order chi connectivity index (χ1) is 14.3. The second-order valence-electron chi connectivity index (χ2n) is 7.12. The monoisotopic (exact) mass is 394 g/mol. The van der Waals surface area contributed by atoms with Crippen LogP contribution >= 0.6 is 0 Å². The van der Waals surface area contributed by atoms with Gasteiger partial charge in [0.05, 0.1) is 0 Å². The first kappa shape index (κ1) is 17.7. The molecule has 1 aliphatic heterocycles. The number of hydrogen-bond acceptors (Lipinski definition) is 1. The quantitative estimate of drug-likeness (QED) is 0.470. The van der Waals surface area contributed by atoms with Gasteiger partial charge < -0.3 is 4.43 Å². The Morgan fingerprint density at radius 2 is 1.17 bits per heavy atom. The Balaban J connectivity index is 1.85. The summed E-state index contributed by atoms with van der Waals surface area (Å²) >= 11 is 0. The lowest BCUT2D eigenvalue weighted by molar-refractivity contribution is 0.533. The van der Waals surface area contributed by atoms with Crippen LogP contribution in [-0.4, -0.2) is 8.32 Å². The summed E-state index contributed by atoms with van der Waals surface area (Å²) in [4.78, 5) is 0. The highest BCUT2D eigenvalue weighted by atomic mass is 28.4. The topological polar surface area (TPSA) is 9.23 Å². The molecule has 140 valence electrons. The minimum absolute atomic E-state index is 0.243. The molecule has 0 atom stereocenters. The van der Waals surface area contributed by atoms with E-state index in [2.05, 4.69) is 36.4 Å². The van der Waals surface area contributed by atoms with E-state index in [1.807, 2.05) is 66.7 Å². The van der Waals surface area contributed by atoms with E-state index < -0.39 is 8.32 Å². The zero-order valence-electron chi connectivity index (χ0n) is 15.8. The van der Waals surface area contributed by atoms with Crippen molar-refractivity contribution < 1.29 is 8.82 Å². The first-order valence-electron chi connectivity index (χ1n) is 9.64. The molecular formula is C26H19FOSi. The third-order valence-electron chi connectivity index (χ3n) is 5.36. The van der Waals surface area contributed by atoms with Crippen molar-refractivity contribution in [3.8, 4) is 0 Å². The summed E-state index contributed by atoms with van der Waals surface area (Å²) in [6, 6.07) is 35.6. The molecule has 0 N–H and O–H groups in total. The van der Waals surface area contributed by atoms with Crippen molar-refractivity contribution in [1.82, 2.24) is 0 Å². The van der Waals surface area contributed by atoms with Crippen LogP contribution in [0.25, 0.3) is 11.8 Å². The summed E-state index contributed by atoms with van der Waals surface area (Å²) in [5.41, 5.74) is 2.03. The predicted octanol–water partition coefficient (Wildman–Crippen LogP) is 4.32. The Morgan fingerprint density at radius 1 is 0.621 bits per heavy atom. The number of fused-ring (bicyclic) bond motifs is 1. The lowest BCUT2D eigenvalue weighted by atomic mass is 10.1. The SMILES string of the molecule is Fc1ccc2c(c1)[Si](c1ccccc1)(c1ccccc1)OC(c1ccccc1)=C2. The number of halogens is 1. The van der Waals surface area contributed by atoms with Crippen LogP contribution in [0.2, 0.25) is 0 Å². The Kier molecular flexibility index (Phi) is 4.38. The fourth-order valence-electron chi connectivity index (χ4n) is 4.04. The van der Waals surface area contributed by atoms with Crippen molar-refractivity contribution in [2.45, 2.75) is 0 Å². The molecule has 0 spiro atoms. The molecule has 0 amide bonds. The molecule has 0 aromatic heterocycles. The van der Waals surface area contributed by atoms with Gasteiger partial charge in [-0.2, -0.15) is 0 Å². The molecule has 1 heterocycles. The van der Waals surface area contributed by atoms with Crippen LogP contribution in [0, 0.1) is 5.82 Å². The van der Waals surface area contributed by atoms with E-state index in [1.54, 1.807) is 6.07 Å². The van der Waals surface area contributed by atoms with Gasteiger partial charge in [-0.25, -0.2) is 4.39 Å². The molecule has 0 unspecified atom stereocenters. The van der Waals surface area contributed by atoms with E-state index in [1.165, 1.54) is 6.07 Å². The summed E-state index contributed by atoms with van der Waals surface area (Å²) < 4.78 is 21.4. The Hall–Kier alpha value is -3.43. The molecule has 3 heteroatoms. The van der Waals surface area contributed by atoms with Gasteiger partial charge in [0, 0.05) is 5.56 Å². The van der Waals surface area contributed by atoms with Crippen LogP contribution in [-0.2, 0) is 4.43 Å². The largest absolute Gasteiger partial charge is 0.530 e. The molecule has 0 aliphatic carbocycles. The van der Waals surface area contributed by atoms with Gasteiger partial charge in [-0.15, -0.1) is 0 Å². The van der Waals surface area contributed by atoms with Gasteiger partial charge in [-0.05, 0) is 39.3 Å². The summed E-state index contributed by atoms with van der Waals surface area (Å²) in [7, 11) is -2.94. The first-order valence-corrected chi connectivity index (χ1v) is 11.6. The summed E-state index contributed by atoms with van der Waals surface area (Å²) in [5.74, 6) is 0.580. The summed E-state index contributed by atoms with van der Waals surface area (Å²) in [5, 5.41) is 3.13. The molecule has 5 rings (SSSR count). The zero-order valence-corrected chi connectivity index (χ0v) is 16.8. The summed E-state index contributed by atoms with van der Waals surface area (Å²) in [6.45, 7) is 0. The maximum atomic E-state index is 14.4. The average Bonchev–Trinajstić information content (AvgIpc) is 2.80. The summed E-state index contributed by atoms with van der Waals surface area (Å²) in [6.07, 6.45) is 2.03. The highest BCUT2D eigenvalue weighted by Gasteiger charge is 2.47. The van der Waals surface area contributed by atoms with Gasteiger partial charge in [0.15, 0.2) is 0 Å². The highest BCUT2D eigenvalue weighted by molar-refractivity contribution is 7.08. The van der Waals surface area contributed by atoms with Crippen LogP contribution in [0.5, 0.6) is 0 Å². The van der Waals surface area contributed by atoms with Gasteiger partial charge >= 0.3 is 8.32 Å². The third-order valence-corrected chi connectivity index (χ3v) is 9.37. The van der Waals surface area contributed by atoms with Crippen molar-refractivity contribution >= 4 is 35.7 Å². The molecule has 4 aromatic carbocycles. The Labute approximate surface area is 170 Å². The predicted molar refractivity (Wildman–Crippen MR) is 119 cm³/mol. The number of rotatable bonds is 3. The van der Waals surface area contributed by atoms with E-state index in [0.29, 0.717) is 0 Å². The molecule has 0 saturated carbocycles. The van der Waals surface area contributed by atoms with Crippen molar-refractivity contribution in [1.29, 1.82) is 0 Å². The minimum atomic E-state index is -2.94. The Morgan fingerprint density at radius 3 is 1.76 bits per heavy atom. The van der Waals surface area contributed by atoms with Crippen LogP contribution in [0.3, 0.4) is 0 Å². The van der Waals surface area contributed by atoms with Crippen molar-refractivity contribution in [2.24, 2.45) is 0 Å². The lowest BCUT2D eigenvalue weighted by Crippen LogP contribution is -2.70. The fourth-order valence-corrected chi connectivity index (χ4v) is 8.07. The molecule has 4 aromatic rings. The molecular weight excluding hydrogens is 375 g/mol. The number of benzene rings is 4. The maximum absolute atomic E-state index is 14.4. The number of hydrogen-bond donors (Lipinski definition) is 0. The molecule has 1 aliphatic rings. The van der Waals surface area contributed by atoms with Gasteiger partial charge in [0.1, 0.15) is 11.6 Å². The average molecular weight is 395 g/mol. The second kappa shape index (κ2) is 7.19. The third kappa shape index (κ3) is 3.00. The standard InChI is InChI=1S/C26H19FOSi/c27-22-17-16-21-18-25(20-10-4-1-5-11-20)28-29(26(21)19-22,23-12-6-2-7-13-23)24-14-8-3-9-15-24/h1-19H. The lowest BCUT2D eigenvalue weighted by Gasteiger charge is -2.38. The molecule has 0 radical (unpaired) electrons. The van der Waals surface area contributed by atoms with Crippen molar-refractivity contribution in [3.05, 3.63) is 126 Å². The molecule has 29 heavy (non-hydrogen) atoms. The van der Waals surface area contributed by atoms with Gasteiger partial charge in [-0.1, -0.05) is 97.1 Å². The molecule has 0 bridgehead atoms. The van der Waals surface area contributed by atoms with E-state index in [9.17, 15) is 4.39 Å². The van der Waals surface area contributed by atoms with Crippen molar-refractivity contribution in [2.75, 3.05) is 0 Å². The van der Waals surface area contributed by atoms with Crippen LogP contribution in [0.4, 0.5) is 4.39 Å². The van der Waals surface area contributed by atoms with Crippen LogP contribution < -0.4 is 15.6 Å². The second-order valence-corrected chi connectivity index (χ2v) is 10.4. The van der Waals surface area contributed by atoms with E-state index in [4.69, 9.17) is 4.43 Å². The fraction of sp³-hybridized carbons (Fsp3) is 0.